The molecule has 0 spiro atoms. The van der Waals surface area contributed by atoms with Crippen molar-refractivity contribution in [1.82, 2.24) is 29.1 Å². The van der Waals surface area contributed by atoms with Crippen LogP contribution in [0.1, 0.15) is 22.8 Å². The number of carbonyl (C=O) groups excluding carboxylic acids is 2. The van der Waals surface area contributed by atoms with E-state index in [1.165, 1.54) is 0 Å². The summed E-state index contributed by atoms with van der Waals surface area (Å²) < 4.78 is 14.7. The molecule has 0 radical (unpaired) electrons. The number of hydrogen-bond acceptors (Lipinski definition) is 8. The normalized spacial score (nSPS) is 11.5. The first kappa shape index (κ1) is 31.8. The van der Waals surface area contributed by atoms with Gasteiger partial charge in [0.05, 0.1) is 22.1 Å². The summed E-state index contributed by atoms with van der Waals surface area (Å²) in [5.41, 5.74) is 4.97. The molecule has 0 bridgehead atoms. The van der Waals surface area contributed by atoms with Gasteiger partial charge in [0.25, 0.3) is 0 Å². The van der Waals surface area contributed by atoms with Gasteiger partial charge in [0, 0.05) is 12.4 Å². The van der Waals surface area contributed by atoms with Crippen molar-refractivity contribution in [3.8, 4) is 23.1 Å². The van der Waals surface area contributed by atoms with Crippen LogP contribution in [0.5, 0.6) is 11.5 Å². The van der Waals surface area contributed by atoms with Crippen LogP contribution in [-0.2, 0) is 9.59 Å². The minimum absolute atomic E-state index is 0.190. The lowest BCUT2D eigenvalue weighted by Crippen LogP contribution is -2.25. The second-order valence-corrected chi connectivity index (χ2v) is 11.6. The van der Waals surface area contributed by atoms with Gasteiger partial charge in [-0.3, -0.25) is 9.13 Å². The molecule has 4 aromatic carbocycles. The van der Waals surface area contributed by atoms with Crippen LogP contribution < -0.4 is 9.47 Å². The van der Waals surface area contributed by atoms with Crippen molar-refractivity contribution >= 4 is 58.3 Å². The molecule has 10 nitrogen and oxygen atoms in total. The summed E-state index contributed by atoms with van der Waals surface area (Å²) in [7, 11) is 0. The third-order valence-corrected chi connectivity index (χ3v) is 8.08. The van der Waals surface area contributed by atoms with Crippen LogP contribution in [0.25, 0.3) is 58.0 Å². The number of esters is 2. The van der Waals surface area contributed by atoms with E-state index in [-0.39, 0.29) is 11.5 Å². The topological polar surface area (TPSA) is 114 Å². The third kappa shape index (κ3) is 6.72. The van der Waals surface area contributed by atoms with Crippen LogP contribution in [0.15, 0.2) is 146 Å². The molecule has 0 saturated heterocycles. The van der Waals surface area contributed by atoms with Crippen molar-refractivity contribution in [2.75, 3.05) is 0 Å². The zero-order valence-electron chi connectivity index (χ0n) is 27.5. The molecule has 8 aromatic rings. The van der Waals surface area contributed by atoms with Crippen LogP contribution in [0.4, 0.5) is 0 Å². The predicted octanol–water partition coefficient (Wildman–Crippen LogP) is 8.01. The average Bonchev–Trinajstić information content (AvgIpc) is 3.75. The molecule has 4 heterocycles. The van der Waals surface area contributed by atoms with Crippen molar-refractivity contribution in [3.63, 3.8) is 0 Å². The smallest absolute Gasteiger partial charge is 0.418 e. The van der Waals surface area contributed by atoms with Gasteiger partial charge in [0.15, 0.2) is 0 Å². The molecule has 0 saturated carbocycles. The Balaban J connectivity index is 0.957. The molecule has 10 heteroatoms. The standard InChI is InChI=1S/C42H28N6O4/c49-41(51-31-13-9-11-29(27-31)21-23-39-45-33-15-1-3-17-35(33)47(39)37-19-5-7-25-43-37)42(50)52-32-14-10-12-30(28-32)22-24-40-46-34-16-2-4-18-36(34)48(40)38-20-6-8-26-44-38/h1-28H/b23-21+,24-22+. The van der Waals surface area contributed by atoms with Crippen molar-refractivity contribution in [3.05, 3.63) is 169 Å². The van der Waals surface area contributed by atoms with Gasteiger partial charge in [0.2, 0.25) is 0 Å². The molecule has 0 aliphatic heterocycles. The highest BCUT2D eigenvalue weighted by Gasteiger charge is 2.20. The van der Waals surface area contributed by atoms with Gasteiger partial charge < -0.3 is 9.47 Å². The van der Waals surface area contributed by atoms with Crippen LogP contribution in [0.3, 0.4) is 0 Å². The highest BCUT2D eigenvalue weighted by Crippen LogP contribution is 2.25. The Hall–Kier alpha value is -7.46. The second-order valence-electron chi connectivity index (χ2n) is 11.6. The molecular weight excluding hydrogens is 652 g/mol. The maximum atomic E-state index is 12.8. The van der Waals surface area contributed by atoms with Crippen LogP contribution in [0.2, 0.25) is 0 Å². The van der Waals surface area contributed by atoms with Gasteiger partial charge >= 0.3 is 11.9 Å². The minimum Gasteiger partial charge on any atom is -0.418 e. The van der Waals surface area contributed by atoms with Crippen LogP contribution in [-0.4, -0.2) is 41.0 Å². The molecule has 8 rings (SSSR count). The minimum atomic E-state index is -1.15. The number of nitrogens with zero attached hydrogens (tertiary/aromatic N) is 6. The Morgan fingerprint density at radius 3 is 1.37 bits per heavy atom. The summed E-state index contributed by atoms with van der Waals surface area (Å²) in [5, 5.41) is 0. The fraction of sp³-hybridized carbons (Fsp3) is 0. The molecule has 0 fully saturated rings. The molecule has 0 amide bonds. The van der Waals surface area contributed by atoms with Gasteiger partial charge in [0.1, 0.15) is 34.8 Å². The number of imidazole rings is 2. The molecule has 4 aromatic heterocycles. The van der Waals surface area contributed by atoms with E-state index in [1.54, 1.807) is 48.8 Å². The Labute approximate surface area is 297 Å². The van der Waals surface area contributed by atoms with Crippen LogP contribution >= 0.6 is 0 Å². The number of hydrogen-bond donors (Lipinski definition) is 0. The van der Waals surface area contributed by atoms with E-state index in [2.05, 4.69) is 9.97 Å². The van der Waals surface area contributed by atoms with Crippen molar-refractivity contribution < 1.29 is 19.1 Å². The SMILES string of the molecule is O=C(Oc1cccc(/C=C/c2nc3ccccc3n2-c2ccccn2)c1)C(=O)Oc1cccc(/C=C/c2nc3ccccc3n2-c2ccccn2)c1. The molecular formula is C42H28N6O4. The third-order valence-electron chi connectivity index (χ3n) is 8.08. The lowest BCUT2D eigenvalue weighted by atomic mass is 10.2. The van der Waals surface area contributed by atoms with Crippen molar-refractivity contribution in [2.24, 2.45) is 0 Å². The maximum Gasteiger partial charge on any atom is 0.423 e. The first-order valence-electron chi connectivity index (χ1n) is 16.4. The number of carbonyl (C=O) groups is 2. The van der Waals surface area contributed by atoms with E-state index in [1.807, 2.05) is 131 Å². The fourth-order valence-corrected chi connectivity index (χ4v) is 5.77. The van der Waals surface area contributed by atoms with E-state index in [0.29, 0.717) is 11.6 Å². The van der Waals surface area contributed by atoms with Gasteiger partial charge in [-0.25, -0.2) is 29.5 Å². The summed E-state index contributed by atoms with van der Waals surface area (Å²) in [5.74, 6) is 0.903. The molecule has 0 N–H and O–H groups in total. The lowest BCUT2D eigenvalue weighted by molar-refractivity contribution is -0.156. The van der Waals surface area contributed by atoms with Gasteiger partial charge in [-0.15, -0.1) is 0 Å². The monoisotopic (exact) mass is 680 g/mol. The number of para-hydroxylation sites is 4. The van der Waals surface area contributed by atoms with E-state index in [0.717, 1.165) is 44.8 Å². The van der Waals surface area contributed by atoms with E-state index in [9.17, 15) is 9.59 Å². The predicted molar refractivity (Wildman–Crippen MR) is 200 cm³/mol. The summed E-state index contributed by atoms with van der Waals surface area (Å²) in [6, 6.07) is 40.7. The Bertz CT molecular complexity index is 2440. The molecule has 0 aliphatic carbocycles. The zero-order chi connectivity index (χ0) is 35.3. The quantitative estimate of drug-likeness (QED) is 0.0901. The first-order chi connectivity index (χ1) is 25.6. The first-order valence-corrected chi connectivity index (χ1v) is 16.4. The maximum absolute atomic E-state index is 12.8. The zero-order valence-corrected chi connectivity index (χ0v) is 27.5. The van der Waals surface area contributed by atoms with E-state index < -0.39 is 11.9 Å². The van der Waals surface area contributed by atoms with E-state index >= 15 is 0 Å². The Morgan fingerprint density at radius 2 is 0.923 bits per heavy atom. The summed E-state index contributed by atoms with van der Waals surface area (Å²) in [6.07, 6.45) is 10.9. The number of rotatable bonds is 8. The van der Waals surface area contributed by atoms with Gasteiger partial charge in [-0.1, -0.05) is 72.8 Å². The molecule has 250 valence electrons. The van der Waals surface area contributed by atoms with Crippen LogP contribution in [0, 0.1) is 0 Å². The summed E-state index contributed by atoms with van der Waals surface area (Å²) >= 11 is 0. The second kappa shape index (κ2) is 14.2. The molecule has 0 aliphatic rings. The van der Waals surface area contributed by atoms with Gasteiger partial charge in [-0.2, -0.15) is 0 Å². The molecule has 52 heavy (non-hydrogen) atoms. The van der Waals surface area contributed by atoms with E-state index in [4.69, 9.17) is 19.4 Å². The highest BCUT2D eigenvalue weighted by molar-refractivity contribution is 6.31. The molecule has 0 atom stereocenters. The number of benzene rings is 4. The fourth-order valence-electron chi connectivity index (χ4n) is 5.77. The molecule has 0 unspecified atom stereocenters. The van der Waals surface area contributed by atoms with Crippen molar-refractivity contribution in [1.29, 1.82) is 0 Å². The highest BCUT2D eigenvalue weighted by atomic mass is 16.6. The Morgan fingerprint density at radius 1 is 0.481 bits per heavy atom. The summed E-state index contributed by atoms with van der Waals surface area (Å²) in [4.78, 5) is 44.2. The average molecular weight is 681 g/mol. The van der Waals surface area contributed by atoms with Gasteiger partial charge in [-0.05, 0) is 96.1 Å². The lowest BCUT2D eigenvalue weighted by Gasteiger charge is -2.07. The number of aromatic nitrogens is 6. The summed E-state index contributed by atoms with van der Waals surface area (Å²) in [6.45, 7) is 0. The van der Waals surface area contributed by atoms with Crippen molar-refractivity contribution in [2.45, 2.75) is 0 Å². The number of fused-ring (bicyclic) bond motifs is 2. The largest absolute Gasteiger partial charge is 0.423 e. The number of pyridine rings is 2. The Kier molecular flexibility index (Phi) is 8.67. The number of ether oxygens (including phenoxy) is 2.